The van der Waals surface area contributed by atoms with E-state index in [1.807, 2.05) is 24.3 Å². The molecule has 0 saturated heterocycles. The molecular weight excluding hydrogens is 292 g/mol. The van der Waals surface area contributed by atoms with Crippen molar-refractivity contribution < 1.29 is 14.3 Å². The van der Waals surface area contributed by atoms with Crippen LogP contribution < -0.4 is 15.4 Å². The van der Waals surface area contributed by atoms with Crippen LogP contribution in [0.3, 0.4) is 0 Å². The van der Waals surface area contributed by atoms with Crippen molar-refractivity contribution in [2.45, 2.75) is 33.2 Å². The third kappa shape index (κ3) is 7.49. The van der Waals surface area contributed by atoms with Crippen molar-refractivity contribution in [2.24, 2.45) is 5.92 Å². The van der Waals surface area contributed by atoms with Crippen LogP contribution in [0.15, 0.2) is 30.3 Å². The number of carbonyl (C=O) groups is 2. The summed E-state index contributed by atoms with van der Waals surface area (Å²) in [4.78, 5) is 23.7. The Morgan fingerprint density at radius 3 is 2.39 bits per heavy atom. The van der Waals surface area contributed by atoms with Crippen molar-refractivity contribution >= 4 is 17.9 Å². The zero-order valence-electron chi connectivity index (χ0n) is 14.3. The number of methoxy groups -OCH3 is 1. The molecule has 1 atom stereocenters. The highest BCUT2D eigenvalue weighted by molar-refractivity contribution is 5.95. The van der Waals surface area contributed by atoms with Gasteiger partial charge in [-0.1, -0.05) is 26.0 Å². The molecule has 0 radical (unpaired) electrons. The van der Waals surface area contributed by atoms with E-state index in [4.69, 9.17) is 4.74 Å². The first kappa shape index (κ1) is 18.7. The summed E-state index contributed by atoms with van der Waals surface area (Å²) < 4.78 is 5.07. The molecule has 0 bridgehead atoms. The molecule has 0 aliphatic rings. The summed E-state index contributed by atoms with van der Waals surface area (Å²) in [6, 6.07) is 6.79. The van der Waals surface area contributed by atoms with Crippen LogP contribution in [0.5, 0.6) is 5.75 Å². The molecular formula is C18H26N2O3. The van der Waals surface area contributed by atoms with E-state index in [9.17, 15) is 9.59 Å². The molecule has 5 heteroatoms. The van der Waals surface area contributed by atoms with Crippen LogP contribution in [0, 0.1) is 5.92 Å². The largest absolute Gasteiger partial charge is 0.497 e. The van der Waals surface area contributed by atoms with Crippen molar-refractivity contribution in [3.63, 3.8) is 0 Å². The van der Waals surface area contributed by atoms with Gasteiger partial charge in [-0.15, -0.1) is 0 Å². The second-order valence-corrected chi connectivity index (χ2v) is 5.81. The van der Waals surface area contributed by atoms with Gasteiger partial charge in [0.25, 0.3) is 0 Å². The van der Waals surface area contributed by atoms with Gasteiger partial charge in [-0.05, 0) is 43.0 Å². The van der Waals surface area contributed by atoms with Gasteiger partial charge in [-0.2, -0.15) is 0 Å². The maximum absolute atomic E-state index is 11.8. The Morgan fingerprint density at radius 1 is 1.17 bits per heavy atom. The van der Waals surface area contributed by atoms with Crippen LogP contribution in [0.1, 0.15) is 32.8 Å². The average Bonchev–Trinajstić information content (AvgIpc) is 2.52. The molecule has 1 aromatic carbocycles. The number of hydrogen-bond donors (Lipinski definition) is 2. The minimum Gasteiger partial charge on any atom is -0.497 e. The number of ether oxygens (including phenoxy) is 1. The molecule has 2 N–H and O–H groups in total. The van der Waals surface area contributed by atoms with Gasteiger partial charge in [0.2, 0.25) is 11.8 Å². The van der Waals surface area contributed by atoms with Gasteiger partial charge >= 0.3 is 0 Å². The Kier molecular flexibility index (Phi) is 7.88. The Morgan fingerprint density at radius 2 is 1.83 bits per heavy atom. The lowest BCUT2D eigenvalue weighted by molar-refractivity contribution is -0.126. The normalized spacial score (nSPS) is 12.2. The number of carbonyl (C=O) groups excluding carboxylic acids is 2. The SMILES string of the molecule is COc1ccc(/C=C/C(=O)NC(C)C(=O)NCCC(C)C)cc1. The minimum atomic E-state index is -0.560. The van der Waals surface area contributed by atoms with Crippen LogP contribution in [0.4, 0.5) is 0 Å². The maximum Gasteiger partial charge on any atom is 0.244 e. The Labute approximate surface area is 138 Å². The number of benzene rings is 1. The van der Waals surface area contributed by atoms with Gasteiger partial charge in [0, 0.05) is 12.6 Å². The highest BCUT2D eigenvalue weighted by atomic mass is 16.5. The molecule has 1 aromatic rings. The molecule has 1 unspecified atom stereocenters. The molecule has 126 valence electrons. The fourth-order valence-electron chi connectivity index (χ4n) is 1.85. The highest BCUT2D eigenvalue weighted by Crippen LogP contribution is 2.12. The Balaban J connectivity index is 2.41. The first-order valence-electron chi connectivity index (χ1n) is 7.82. The minimum absolute atomic E-state index is 0.170. The third-order valence-corrected chi connectivity index (χ3v) is 3.32. The number of nitrogens with one attached hydrogen (secondary N) is 2. The van der Waals surface area contributed by atoms with E-state index in [1.165, 1.54) is 6.08 Å². The van der Waals surface area contributed by atoms with E-state index in [2.05, 4.69) is 24.5 Å². The fourth-order valence-corrected chi connectivity index (χ4v) is 1.85. The molecule has 0 saturated carbocycles. The smallest absolute Gasteiger partial charge is 0.244 e. The Bertz CT molecular complexity index is 536. The quantitative estimate of drug-likeness (QED) is 0.723. The molecule has 0 aliphatic heterocycles. The molecule has 0 spiro atoms. The third-order valence-electron chi connectivity index (χ3n) is 3.32. The van der Waals surface area contributed by atoms with Gasteiger partial charge in [-0.3, -0.25) is 9.59 Å². The van der Waals surface area contributed by atoms with E-state index < -0.39 is 6.04 Å². The van der Waals surface area contributed by atoms with Crippen molar-refractivity contribution in [3.8, 4) is 5.75 Å². The molecule has 1 rings (SSSR count). The topological polar surface area (TPSA) is 67.4 Å². The lowest BCUT2D eigenvalue weighted by Crippen LogP contribution is -2.44. The zero-order valence-corrected chi connectivity index (χ0v) is 14.3. The number of rotatable bonds is 8. The van der Waals surface area contributed by atoms with Crippen molar-refractivity contribution in [2.75, 3.05) is 13.7 Å². The van der Waals surface area contributed by atoms with Gasteiger partial charge < -0.3 is 15.4 Å². The fraction of sp³-hybridized carbons (Fsp3) is 0.444. The van der Waals surface area contributed by atoms with Crippen LogP contribution in [0.2, 0.25) is 0 Å². The number of hydrogen-bond acceptors (Lipinski definition) is 3. The summed E-state index contributed by atoms with van der Waals surface area (Å²) in [6.45, 7) is 6.49. The molecule has 2 amide bonds. The summed E-state index contributed by atoms with van der Waals surface area (Å²) in [5.74, 6) is 0.829. The van der Waals surface area contributed by atoms with Crippen LogP contribution in [-0.4, -0.2) is 31.5 Å². The van der Waals surface area contributed by atoms with Gasteiger partial charge in [-0.25, -0.2) is 0 Å². The second kappa shape index (κ2) is 9.66. The van der Waals surface area contributed by atoms with Gasteiger partial charge in [0.05, 0.1) is 7.11 Å². The molecule has 5 nitrogen and oxygen atoms in total. The molecule has 23 heavy (non-hydrogen) atoms. The lowest BCUT2D eigenvalue weighted by Gasteiger charge is -2.13. The first-order chi connectivity index (χ1) is 10.9. The van der Waals surface area contributed by atoms with Gasteiger partial charge in [0.1, 0.15) is 11.8 Å². The standard InChI is InChI=1S/C18H26N2O3/c1-13(2)11-12-19-18(22)14(3)20-17(21)10-7-15-5-8-16(23-4)9-6-15/h5-10,13-14H,11-12H2,1-4H3,(H,19,22)(H,20,21)/b10-7+. The van der Waals surface area contributed by atoms with E-state index in [-0.39, 0.29) is 11.8 Å². The zero-order chi connectivity index (χ0) is 17.2. The monoisotopic (exact) mass is 318 g/mol. The molecule has 0 aromatic heterocycles. The lowest BCUT2D eigenvalue weighted by atomic mass is 10.1. The first-order valence-corrected chi connectivity index (χ1v) is 7.82. The molecule has 0 aliphatic carbocycles. The summed E-state index contributed by atoms with van der Waals surface area (Å²) in [5.41, 5.74) is 0.884. The maximum atomic E-state index is 11.8. The van der Waals surface area contributed by atoms with E-state index >= 15 is 0 Å². The van der Waals surface area contributed by atoms with E-state index in [1.54, 1.807) is 20.1 Å². The average molecular weight is 318 g/mol. The van der Waals surface area contributed by atoms with Crippen molar-refractivity contribution in [3.05, 3.63) is 35.9 Å². The highest BCUT2D eigenvalue weighted by Gasteiger charge is 2.13. The van der Waals surface area contributed by atoms with Crippen LogP contribution >= 0.6 is 0 Å². The molecule has 0 heterocycles. The van der Waals surface area contributed by atoms with Crippen molar-refractivity contribution in [1.82, 2.24) is 10.6 Å². The summed E-state index contributed by atoms with van der Waals surface area (Å²) in [5, 5.41) is 5.46. The molecule has 0 fully saturated rings. The predicted molar refractivity (Wildman–Crippen MR) is 92.1 cm³/mol. The van der Waals surface area contributed by atoms with Crippen LogP contribution in [0.25, 0.3) is 6.08 Å². The summed E-state index contributed by atoms with van der Waals surface area (Å²) in [6.07, 6.45) is 4.03. The van der Waals surface area contributed by atoms with E-state index in [0.29, 0.717) is 12.5 Å². The van der Waals surface area contributed by atoms with Crippen molar-refractivity contribution in [1.29, 1.82) is 0 Å². The number of amides is 2. The Hall–Kier alpha value is -2.30. The predicted octanol–water partition coefficient (Wildman–Crippen LogP) is 2.38. The summed E-state index contributed by atoms with van der Waals surface area (Å²) >= 11 is 0. The van der Waals surface area contributed by atoms with E-state index in [0.717, 1.165) is 17.7 Å². The summed E-state index contributed by atoms with van der Waals surface area (Å²) in [7, 11) is 1.60. The second-order valence-electron chi connectivity index (χ2n) is 5.81. The van der Waals surface area contributed by atoms with Gasteiger partial charge in [0.15, 0.2) is 0 Å². The van der Waals surface area contributed by atoms with Crippen LogP contribution in [-0.2, 0) is 9.59 Å².